The highest BCUT2D eigenvalue weighted by Gasteiger charge is 2.59. The van der Waals surface area contributed by atoms with Crippen LogP contribution in [0.15, 0.2) is 11.6 Å². The fraction of sp³-hybridized carbons (Fsp3) is 0.919. The van der Waals surface area contributed by atoms with Crippen molar-refractivity contribution in [3.8, 4) is 0 Å². The van der Waals surface area contributed by atoms with E-state index in [4.69, 9.17) is 9.84 Å². The number of ether oxygens (including phenoxy) is 1. The van der Waals surface area contributed by atoms with Gasteiger partial charge in [-0.2, -0.15) is 0 Å². The lowest BCUT2D eigenvalue weighted by molar-refractivity contribution is -0.0601. The quantitative estimate of drug-likeness (QED) is 0.124. The second kappa shape index (κ2) is 14.5. The topological polar surface area (TPSA) is 46.5 Å². The molecule has 4 rings (SSSR count). The maximum absolute atomic E-state index is 11.1. The van der Waals surface area contributed by atoms with Crippen molar-refractivity contribution in [2.75, 3.05) is 0 Å². The predicted octanol–water partition coefficient (Wildman–Crippen LogP) is 11.6. The Kier molecular flexibility index (Phi) is 11.5. The number of rotatable bonds is 15. The Morgan fingerprint density at radius 2 is 1.60 bits per heavy atom. The van der Waals surface area contributed by atoms with E-state index in [1.165, 1.54) is 115 Å². The van der Waals surface area contributed by atoms with Crippen molar-refractivity contribution in [3.05, 3.63) is 11.6 Å². The maximum Gasteiger partial charge on any atom is 0.506 e. The van der Waals surface area contributed by atoms with Gasteiger partial charge in [-0.25, -0.2) is 4.79 Å². The smallest absolute Gasteiger partial charge is 0.450 e. The highest BCUT2D eigenvalue weighted by atomic mass is 16.7. The minimum Gasteiger partial charge on any atom is -0.450 e. The summed E-state index contributed by atoms with van der Waals surface area (Å²) >= 11 is 0. The largest absolute Gasteiger partial charge is 0.506 e. The SMILES string of the molecule is CCCCCCCCCCC(C)CCC[C@@H](C)[C@H]1CC[C@H]2[C@@H]3CC=C4C[C@@H](OC(=O)O)CC[C@]4(C)[C@H]3CC[C@]12C. The molecule has 0 saturated heterocycles. The summed E-state index contributed by atoms with van der Waals surface area (Å²) in [5.74, 6) is 5.14. The lowest BCUT2D eigenvalue weighted by Crippen LogP contribution is -2.51. The first-order valence-corrected chi connectivity index (χ1v) is 17.8. The Morgan fingerprint density at radius 1 is 0.900 bits per heavy atom. The summed E-state index contributed by atoms with van der Waals surface area (Å²) in [4.78, 5) is 11.1. The zero-order valence-corrected chi connectivity index (χ0v) is 27.0. The molecule has 3 saturated carbocycles. The van der Waals surface area contributed by atoms with Crippen molar-refractivity contribution in [2.45, 2.75) is 169 Å². The third-order valence-electron chi connectivity index (χ3n) is 13.0. The maximum atomic E-state index is 11.1. The van der Waals surface area contributed by atoms with Crippen LogP contribution in [0.3, 0.4) is 0 Å². The molecular formula is C37H64O3. The molecule has 0 amide bonds. The monoisotopic (exact) mass is 556 g/mol. The summed E-state index contributed by atoms with van der Waals surface area (Å²) in [5, 5.41) is 9.13. The van der Waals surface area contributed by atoms with E-state index >= 15 is 0 Å². The number of carboxylic acid groups (broad SMARTS) is 1. The van der Waals surface area contributed by atoms with Gasteiger partial charge in [0.25, 0.3) is 0 Å². The van der Waals surface area contributed by atoms with Gasteiger partial charge in [0.15, 0.2) is 0 Å². The van der Waals surface area contributed by atoms with Crippen LogP contribution in [0, 0.1) is 46.3 Å². The van der Waals surface area contributed by atoms with Gasteiger partial charge >= 0.3 is 6.16 Å². The van der Waals surface area contributed by atoms with Crippen molar-refractivity contribution >= 4 is 6.16 Å². The molecule has 0 bridgehead atoms. The molecule has 0 radical (unpaired) electrons. The molecule has 230 valence electrons. The van der Waals surface area contributed by atoms with Crippen LogP contribution in [0.4, 0.5) is 4.79 Å². The molecule has 9 atom stereocenters. The second-order valence-corrected chi connectivity index (χ2v) is 15.5. The van der Waals surface area contributed by atoms with Crippen LogP contribution < -0.4 is 0 Å². The molecule has 3 heteroatoms. The third kappa shape index (κ3) is 7.31. The van der Waals surface area contributed by atoms with Crippen LogP contribution >= 0.6 is 0 Å². The lowest BCUT2D eigenvalue weighted by Gasteiger charge is -2.58. The van der Waals surface area contributed by atoms with Crippen LogP contribution in [-0.4, -0.2) is 17.4 Å². The minimum atomic E-state index is -1.11. The highest BCUT2D eigenvalue weighted by Crippen LogP contribution is 2.67. The Bertz CT molecular complexity index is 833. The first kappa shape index (κ1) is 31.9. The van der Waals surface area contributed by atoms with Gasteiger partial charge in [-0.3, -0.25) is 0 Å². The number of hydrogen-bond donors (Lipinski definition) is 1. The van der Waals surface area contributed by atoms with E-state index in [1.807, 2.05) is 0 Å². The number of carbonyl (C=O) groups is 1. The number of unbranched alkanes of at least 4 members (excludes halogenated alkanes) is 7. The van der Waals surface area contributed by atoms with E-state index in [0.717, 1.165) is 54.8 Å². The van der Waals surface area contributed by atoms with Crippen LogP contribution in [0.1, 0.15) is 163 Å². The molecule has 1 unspecified atom stereocenters. The van der Waals surface area contributed by atoms with Gasteiger partial charge in [-0.15, -0.1) is 0 Å². The highest BCUT2D eigenvalue weighted by molar-refractivity contribution is 5.57. The van der Waals surface area contributed by atoms with Gasteiger partial charge in [0, 0.05) is 6.42 Å². The average molecular weight is 557 g/mol. The van der Waals surface area contributed by atoms with E-state index < -0.39 is 6.16 Å². The van der Waals surface area contributed by atoms with Crippen molar-refractivity contribution in [3.63, 3.8) is 0 Å². The average Bonchev–Trinajstić information content (AvgIpc) is 3.27. The Balaban J connectivity index is 1.22. The van der Waals surface area contributed by atoms with E-state index in [-0.39, 0.29) is 11.5 Å². The molecule has 3 nitrogen and oxygen atoms in total. The minimum absolute atomic E-state index is 0.137. The van der Waals surface area contributed by atoms with E-state index in [0.29, 0.717) is 5.41 Å². The lowest BCUT2D eigenvalue weighted by atomic mass is 9.47. The summed E-state index contributed by atoms with van der Waals surface area (Å²) < 4.78 is 5.21. The summed E-state index contributed by atoms with van der Waals surface area (Å²) in [6.07, 6.45) is 28.1. The first-order chi connectivity index (χ1) is 19.2. The summed E-state index contributed by atoms with van der Waals surface area (Å²) in [6.45, 7) is 12.6. The molecule has 0 aromatic rings. The molecule has 0 aliphatic heterocycles. The van der Waals surface area contributed by atoms with Crippen molar-refractivity contribution in [2.24, 2.45) is 46.3 Å². The van der Waals surface area contributed by atoms with Crippen LogP contribution in [0.25, 0.3) is 0 Å². The number of allylic oxidation sites excluding steroid dienone is 1. The van der Waals surface area contributed by atoms with Gasteiger partial charge < -0.3 is 9.84 Å². The molecule has 0 aromatic carbocycles. The first-order valence-electron chi connectivity index (χ1n) is 17.8. The van der Waals surface area contributed by atoms with E-state index in [9.17, 15) is 4.79 Å². The zero-order chi connectivity index (χ0) is 28.8. The van der Waals surface area contributed by atoms with Crippen LogP contribution in [0.2, 0.25) is 0 Å². The van der Waals surface area contributed by atoms with E-state index in [1.54, 1.807) is 0 Å². The Morgan fingerprint density at radius 3 is 2.33 bits per heavy atom. The summed E-state index contributed by atoms with van der Waals surface area (Å²) in [5.41, 5.74) is 2.30. The molecule has 0 heterocycles. The van der Waals surface area contributed by atoms with Gasteiger partial charge in [-0.1, -0.05) is 123 Å². The van der Waals surface area contributed by atoms with Gasteiger partial charge in [0.2, 0.25) is 0 Å². The van der Waals surface area contributed by atoms with Gasteiger partial charge in [0.05, 0.1) is 0 Å². The third-order valence-corrected chi connectivity index (χ3v) is 13.0. The molecule has 0 spiro atoms. The fourth-order valence-electron chi connectivity index (χ4n) is 10.6. The molecule has 4 aliphatic rings. The summed E-state index contributed by atoms with van der Waals surface area (Å²) in [6, 6.07) is 0. The molecular weight excluding hydrogens is 492 g/mol. The Hall–Kier alpha value is -0.990. The standard InChI is InChI=1S/C37H64O3/c1-6-7-8-9-10-11-12-13-15-27(2)16-14-17-28(3)32-20-21-33-31-19-18-29-26-30(40-35(38)39)22-24-36(29,4)34(31)23-25-37(32,33)5/h18,27-28,30-34H,6-17,19-26H2,1-5H3,(H,38,39)/t27?,28-,30+,31+,32-,33+,34+,36+,37-/m1/s1. The number of fused-ring (bicyclic) bond motifs is 5. The van der Waals surface area contributed by atoms with Gasteiger partial charge in [0.1, 0.15) is 6.10 Å². The van der Waals surface area contributed by atoms with Crippen molar-refractivity contribution in [1.82, 2.24) is 0 Å². The normalized spacial score (nSPS) is 36.6. The van der Waals surface area contributed by atoms with Crippen molar-refractivity contribution in [1.29, 1.82) is 0 Å². The molecule has 3 fully saturated rings. The predicted molar refractivity (Wildman–Crippen MR) is 167 cm³/mol. The summed E-state index contributed by atoms with van der Waals surface area (Å²) in [7, 11) is 0. The van der Waals surface area contributed by atoms with E-state index in [2.05, 4.69) is 40.7 Å². The second-order valence-electron chi connectivity index (χ2n) is 15.5. The molecule has 0 aromatic heterocycles. The van der Waals surface area contributed by atoms with Crippen LogP contribution in [-0.2, 0) is 4.74 Å². The molecule has 40 heavy (non-hydrogen) atoms. The molecule has 1 N–H and O–H groups in total. The Labute approximate surface area is 247 Å². The van der Waals surface area contributed by atoms with Crippen LogP contribution in [0.5, 0.6) is 0 Å². The number of hydrogen-bond acceptors (Lipinski definition) is 2. The van der Waals surface area contributed by atoms with Gasteiger partial charge in [-0.05, 0) is 91.3 Å². The van der Waals surface area contributed by atoms with Crippen molar-refractivity contribution < 1.29 is 14.6 Å². The molecule has 4 aliphatic carbocycles. The zero-order valence-electron chi connectivity index (χ0n) is 27.0. The fourth-order valence-corrected chi connectivity index (χ4v) is 10.6.